The first kappa shape index (κ1) is 68.9. The Balaban J connectivity index is 1.13. The zero-order valence-corrected chi connectivity index (χ0v) is 53.9. The standard InChI is InChI=1S/C79H110O7/c1-5-9-13-17-21-25-29-33-57-81-73-47-37-65(38-48-73)69-45-55-77(67-41-51-75(52-42-67)83-59-35-31-27-23-19-15-11-7-3)71(61-69)63-85-79(80)86-64-72-62-70(66-39-49-74(50-40-66)82-58-34-30-26-22-18-14-10-6-2)46-56-78(72)68-43-53-76(54-44-68)84-60-36-32-28-24-20-16-12-8-4/h37-56,61-62H,5-36,57-60,63-64H2,1-4H3. The average Bonchev–Trinajstić information content (AvgIpc) is 2.04. The zero-order chi connectivity index (χ0) is 60.3. The van der Waals surface area contributed by atoms with Crippen molar-refractivity contribution in [3.05, 3.63) is 145 Å². The maximum absolute atomic E-state index is 13.9. The average molecular weight is 1170 g/mol. The second kappa shape index (κ2) is 43.4. The molecule has 0 fully saturated rings. The van der Waals surface area contributed by atoms with Crippen LogP contribution in [0.4, 0.5) is 4.79 Å². The molecule has 7 nitrogen and oxygen atoms in total. The Morgan fingerprint density at radius 2 is 0.477 bits per heavy atom. The summed E-state index contributed by atoms with van der Waals surface area (Å²) in [5.74, 6) is 3.47. The third kappa shape index (κ3) is 27.2. The summed E-state index contributed by atoms with van der Waals surface area (Å²) in [5, 5.41) is 0. The van der Waals surface area contributed by atoms with E-state index in [4.69, 9.17) is 28.4 Å². The summed E-state index contributed by atoms with van der Waals surface area (Å²) >= 11 is 0. The number of carbonyl (C=O) groups excluding carboxylic acids is 1. The molecule has 0 unspecified atom stereocenters. The molecule has 0 bridgehead atoms. The van der Waals surface area contributed by atoms with Gasteiger partial charge < -0.3 is 28.4 Å². The maximum atomic E-state index is 13.9. The van der Waals surface area contributed by atoms with Crippen molar-refractivity contribution in [2.75, 3.05) is 26.4 Å². The SMILES string of the molecule is CCCCCCCCCCOc1ccc(-c2ccc(-c3ccc(OCCCCCCCCCC)cc3)c(COC(=O)OCc3cc(-c4ccc(OCCCCCCCCCC)cc4)ccc3-c3ccc(OCCCCCCCCCC)cc3)c2)cc1. The molecule has 0 aromatic heterocycles. The topological polar surface area (TPSA) is 72.5 Å². The van der Waals surface area contributed by atoms with Crippen LogP contribution in [0.15, 0.2) is 133 Å². The highest BCUT2D eigenvalue weighted by atomic mass is 16.7. The lowest BCUT2D eigenvalue weighted by atomic mass is 9.95. The fourth-order valence-electron chi connectivity index (χ4n) is 11.3. The fourth-order valence-corrected chi connectivity index (χ4v) is 11.3. The summed E-state index contributed by atoms with van der Waals surface area (Å²) in [4.78, 5) is 13.9. The molecule has 86 heavy (non-hydrogen) atoms. The molecular formula is C79H110O7. The van der Waals surface area contributed by atoms with Crippen LogP contribution in [0.25, 0.3) is 44.5 Å². The Hall–Kier alpha value is -6.21. The van der Waals surface area contributed by atoms with Gasteiger partial charge in [-0.1, -0.05) is 280 Å². The summed E-state index contributed by atoms with van der Waals surface area (Å²) in [7, 11) is 0. The number of hydrogen-bond donors (Lipinski definition) is 0. The van der Waals surface area contributed by atoms with E-state index in [9.17, 15) is 4.79 Å². The first-order valence-electron chi connectivity index (χ1n) is 34.5. The molecule has 0 radical (unpaired) electrons. The van der Waals surface area contributed by atoms with Crippen molar-refractivity contribution in [2.45, 2.75) is 246 Å². The van der Waals surface area contributed by atoms with Gasteiger partial charge in [0.2, 0.25) is 0 Å². The summed E-state index contributed by atoms with van der Waals surface area (Å²) in [6.07, 6.45) is 39.8. The van der Waals surface area contributed by atoms with Gasteiger partial charge in [-0.3, -0.25) is 0 Å². The van der Waals surface area contributed by atoms with Crippen LogP contribution >= 0.6 is 0 Å². The van der Waals surface area contributed by atoms with Gasteiger partial charge in [0.25, 0.3) is 0 Å². The quantitative estimate of drug-likeness (QED) is 0.0278. The van der Waals surface area contributed by atoms with E-state index in [0.717, 1.165) is 118 Å². The Morgan fingerprint density at radius 3 is 0.733 bits per heavy atom. The molecular weight excluding hydrogens is 1060 g/mol. The van der Waals surface area contributed by atoms with E-state index in [1.54, 1.807) is 0 Å². The monoisotopic (exact) mass is 1170 g/mol. The Morgan fingerprint density at radius 1 is 0.256 bits per heavy atom. The molecule has 0 heterocycles. The van der Waals surface area contributed by atoms with Crippen molar-refractivity contribution in [1.29, 1.82) is 0 Å². The molecule has 0 aliphatic carbocycles. The minimum absolute atomic E-state index is 0.0271. The number of benzene rings is 6. The predicted octanol–water partition coefficient (Wildman–Crippen LogP) is 24.3. The van der Waals surface area contributed by atoms with Crippen LogP contribution in [-0.4, -0.2) is 32.6 Å². The van der Waals surface area contributed by atoms with E-state index >= 15 is 0 Å². The largest absolute Gasteiger partial charge is 0.508 e. The van der Waals surface area contributed by atoms with Gasteiger partial charge in [-0.15, -0.1) is 0 Å². The molecule has 6 rings (SSSR count). The number of carbonyl (C=O) groups is 1. The van der Waals surface area contributed by atoms with Gasteiger partial charge >= 0.3 is 6.16 Å². The van der Waals surface area contributed by atoms with Gasteiger partial charge in [-0.2, -0.15) is 0 Å². The van der Waals surface area contributed by atoms with E-state index in [1.165, 1.54) is 180 Å². The maximum Gasteiger partial charge on any atom is 0.508 e. The summed E-state index contributed by atoms with van der Waals surface area (Å²) in [6, 6.07) is 46.0. The van der Waals surface area contributed by atoms with Crippen molar-refractivity contribution in [3.8, 4) is 67.5 Å². The number of ether oxygens (including phenoxy) is 6. The normalized spacial score (nSPS) is 11.2. The van der Waals surface area contributed by atoms with Crippen molar-refractivity contribution in [2.24, 2.45) is 0 Å². The summed E-state index contributed by atoms with van der Waals surface area (Å²) in [6.45, 7) is 12.0. The number of rotatable bonds is 48. The molecule has 6 aromatic carbocycles. The van der Waals surface area contributed by atoms with Gasteiger partial charge in [0.15, 0.2) is 0 Å². The van der Waals surface area contributed by atoms with Gasteiger partial charge in [0, 0.05) is 0 Å². The van der Waals surface area contributed by atoms with Crippen molar-refractivity contribution >= 4 is 6.16 Å². The highest BCUT2D eigenvalue weighted by molar-refractivity contribution is 5.76. The number of hydrogen-bond acceptors (Lipinski definition) is 7. The lowest BCUT2D eigenvalue weighted by Gasteiger charge is -2.16. The molecule has 468 valence electrons. The van der Waals surface area contributed by atoms with E-state index in [2.05, 4.69) is 137 Å². The van der Waals surface area contributed by atoms with Crippen LogP contribution in [0, 0.1) is 0 Å². The third-order valence-electron chi connectivity index (χ3n) is 16.7. The van der Waals surface area contributed by atoms with Crippen molar-refractivity contribution in [3.63, 3.8) is 0 Å². The Bertz CT molecular complexity index is 2490. The smallest absolute Gasteiger partial charge is 0.494 e. The van der Waals surface area contributed by atoms with Crippen molar-refractivity contribution < 1.29 is 33.2 Å². The third-order valence-corrected chi connectivity index (χ3v) is 16.7. The molecule has 6 aromatic rings. The first-order chi connectivity index (χ1) is 42.5. The van der Waals surface area contributed by atoms with Crippen LogP contribution in [0.2, 0.25) is 0 Å². The molecule has 0 amide bonds. The van der Waals surface area contributed by atoms with E-state index < -0.39 is 6.16 Å². The highest BCUT2D eigenvalue weighted by Gasteiger charge is 2.16. The van der Waals surface area contributed by atoms with Gasteiger partial charge in [0.1, 0.15) is 36.2 Å². The van der Waals surface area contributed by atoms with Gasteiger partial charge in [-0.05, 0) is 142 Å². The molecule has 0 saturated carbocycles. The van der Waals surface area contributed by atoms with Gasteiger partial charge in [0.05, 0.1) is 26.4 Å². The summed E-state index contributed by atoms with van der Waals surface area (Å²) in [5.41, 5.74) is 9.90. The van der Waals surface area contributed by atoms with E-state index in [1.807, 2.05) is 24.3 Å². The minimum Gasteiger partial charge on any atom is -0.494 e. The molecule has 0 N–H and O–H groups in total. The molecule has 0 atom stereocenters. The predicted molar refractivity (Wildman–Crippen MR) is 362 cm³/mol. The van der Waals surface area contributed by atoms with Crippen LogP contribution < -0.4 is 18.9 Å². The van der Waals surface area contributed by atoms with Gasteiger partial charge in [-0.25, -0.2) is 4.79 Å². The lowest BCUT2D eigenvalue weighted by Crippen LogP contribution is -2.09. The lowest BCUT2D eigenvalue weighted by molar-refractivity contribution is 0.0448. The molecule has 0 aliphatic heterocycles. The minimum atomic E-state index is -0.733. The molecule has 0 aliphatic rings. The molecule has 0 saturated heterocycles. The zero-order valence-electron chi connectivity index (χ0n) is 53.9. The molecule has 0 spiro atoms. The first-order valence-corrected chi connectivity index (χ1v) is 34.5. The van der Waals surface area contributed by atoms with E-state index in [0.29, 0.717) is 13.2 Å². The van der Waals surface area contributed by atoms with E-state index in [-0.39, 0.29) is 13.2 Å². The van der Waals surface area contributed by atoms with Crippen LogP contribution in [0.3, 0.4) is 0 Å². The van der Waals surface area contributed by atoms with Crippen molar-refractivity contribution in [1.82, 2.24) is 0 Å². The van der Waals surface area contributed by atoms with Crippen LogP contribution in [0.1, 0.15) is 244 Å². The van der Waals surface area contributed by atoms with Crippen LogP contribution in [-0.2, 0) is 22.7 Å². The number of unbranched alkanes of at least 4 members (excludes halogenated alkanes) is 28. The fraction of sp³-hybridized carbons (Fsp3) is 0.532. The Labute approximate surface area is 521 Å². The second-order valence-corrected chi connectivity index (χ2v) is 24.0. The van der Waals surface area contributed by atoms with Crippen LogP contribution in [0.5, 0.6) is 23.0 Å². The summed E-state index contributed by atoms with van der Waals surface area (Å²) < 4.78 is 36.9. The highest BCUT2D eigenvalue weighted by Crippen LogP contribution is 2.34. The molecule has 7 heteroatoms. The Kier molecular flexibility index (Phi) is 34.8. The second-order valence-electron chi connectivity index (χ2n) is 24.0.